The summed E-state index contributed by atoms with van der Waals surface area (Å²) in [5, 5.41) is 4.30. The summed E-state index contributed by atoms with van der Waals surface area (Å²) in [4.78, 5) is 26.9. The van der Waals surface area contributed by atoms with Gasteiger partial charge in [0.2, 0.25) is 11.8 Å². The highest BCUT2D eigenvalue weighted by atomic mass is 35.5. The van der Waals surface area contributed by atoms with E-state index in [1.54, 1.807) is 30.0 Å². The Balaban J connectivity index is 2.08. The number of carbonyl (C=O) groups is 2. The molecule has 1 atom stereocenters. The number of rotatable bonds is 9. The molecule has 0 heterocycles. The van der Waals surface area contributed by atoms with Crippen molar-refractivity contribution in [3.05, 3.63) is 68.7 Å². The van der Waals surface area contributed by atoms with Crippen molar-refractivity contribution >= 4 is 58.4 Å². The Morgan fingerprint density at radius 1 is 1.07 bits per heavy atom. The van der Waals surface area contributed by atoms with Crippen molar-refractivity contribution in [1.29, 1.82) is 0 Å². The first kappa shape index (κ1) is 23.9. The van der Waals surface area contributed by atoms with Crippen LogP contribution in [0, 0.1) is 0 Å². The molecule has 2 aromatic rings. The molecule has 0 aliphatic heterocycles. The van der Waals surface area contributed by atoms with E-state index in [0.29, 0.717) is 27.4 Å². The van der Waals surface area contributed by atoms with Crippen molar-refractivity contribution in [2.24, 2.45) is 0 Å². The molecule has 0 fully saturated rings. The van der Waals surface area contributed by atoms with Gasteiger partial charge >= 0.3 is 0 Å². The van der Waals surface area contributed by atoms with Crippen LogP contribution in [0.15, 0.2) is 42.5 Å². The van der Waals surface area contributed by atoms with Crippen LogP contribution < -0.4 is 5.32 Å². The minimum atomic E-state index is -0.608. The molecule has 0 aliphatic rings. The lowest BCUT2D eigenvalue weighted by Gasteiger charge is -2.28. The summed E-state index contributed by atoms with van der Waals surface area (Å²) in [5.41, 5.74) is 1.85. The van der Waals surface area contributed by atoms with E-state index in [4.69, 9.17) is 34.8 Å². The Kier molecular flexibility index (Phi) is 9.63. The minimum Gasteiger partial charge on any atom is -0.355 e. The third-order valence-electron chi connectivity index (χ3n) is 4.24. The Morgan fingerprint density at radius 3 is 2.48 bits per heavy atom. The molecular formula is C21H23Cl3N2O2S. The molecule has 2 aromatic carbocycles. The molecule has 0 aromatic heterocycles. The number of hydrogen-bond acceptors (Lipinski definition) is 3. The van der Waals surface area contributed by atoms with Crippen LogP contribution in [0.5, 0.6) is 0 Å². The molecule has 0 radical (unpaired) electrons. The predicted molar refractivity (Wildman–Crippen MR) is 123 cm³/mol. The molecule has 0 saturated carbocycles. The van der Waals surface area contributed by atoms with E-state index >= 15 is 0 Å². The van der Waals surface area contributed by atoms with Gasteiger partial charge in [0.1, 0.15) is 6.04 Å². The number of likely N-dealkylation sites (N-methyl/N-ethyl adjacent to an activating group) is 1. The monoisotopic (exact) mass is 472 g/mol. The third-order valence-corrected chi connectivity index (χ3v) is 6.20. The van der Waals surface area contributed by atoms with Crippen LogP contribution >= 0.6 is 46.6 Å². The average molecular weight is 474 g/mol. The van der Waals surface area contributed by atoms with Crippen LogP contribution in [0.4, 0.5) is 0 Å². The molecule has 0 aliphatic carbocycles. The average Bonchev–Trinajstić information content (AvgIpc) is 2.68. The standard InChI is InChI=1S/C21H23Cl3N2O2S/c1-3-25-21(28)14(2)26(11-15-7-8-18(23)19(24)10-15)20(27)13-29-12-16-5-4-6-17(22)9-16/h4-10,14H,3,11-13H2,1-2H3,(H,25,28)/t14-/m0/s1. The molecule has 0 bridgehead atoms. The maximum Gasteiger partial charge on any atom is 0.242 e. The van der Waals surface area contributed by atoms with Crippen LogP contribution in [-0.4, -0.2) is 35.1 Å². The normalized spacial score (nSPS) is 11.8. The summed E-state index contributed by atoms with van der Waals surface area (Å²) in [5.74, 6) is 0.586. The smallest absolute Gasteiger partial charge is 0.242 e. The van der Waals surface area contributed by atoms with Gasteiger partial charge in [-0.25, -0.2) is 0 Å². The summed E-state index contributed by atoms with van der Waals surface area (Å²) in [6.45, 7) is 4.34. The second-order valence-corrected chi connectivity index (χ2v) is 8.70. The first-order valence-corrected chi connectivity index (χ1v) is 11.4. The van der Waals surface area contributed by atoms with E-state index in [1.165, 1.54) is 11.8 Å². The quantitative estimate of drug-likeness (QED) is 0.528. The number of thioether (sulfide) groups is 1. The summed E-state index contributed by atoms with van der Waals surface area (Å²) in [7, 11) is 0. The molecule has 0 spiro atoms. The Morgan fingerprint density at radius 2 is 1.83 bits per heavy atom. The van der Waals surface area contributed by atoms with Gasteiger partial charge in [0.15, 0.2) is 0 Å². The number of nitrogens with one attached hydrogen (secondary N) is 1. The molecule has 156 valence electrons. The highest BCUT2D eigenvalue weighted by Crippen LogP contribution is 2.24. The molecule has 8 heteroatoms. The van der Waals surface area contributed by atoms with Gasteiger partial charge in [0, 0.05) is 23.9 Å². The van der Waals surface area contributed by atoms with E-state index in [-0.39, 0.29) is 24.1 Å². The number of hydrogen-bond donors (Lipinski definition) is 1. The molecule has 0 saturated heterocycles. The second kappa shape index (κ2) is 11.7. The summed E-state index contributed by atoms with van der Waals surface area (Å²) < 4.78 is 0. The Hall–Kier alpha value is -1.40. The van der Waals surface area contributed by atoms with Gasteiger partial charge in [-0.15, -0.1) is 11.8 Å². The summed E-state index contributed by atoms with van der Waals surface area (Å²) in [6.07, 6.45) is 0. The van der Waals surface area contributed by atoms with Crippen LogP contribution in [-0.2, 0) is 21.9 Å². The molecule has 0 unspecified atom stereocenters. The van der Waals surface area contributed by atoms with Crippen LogP contribution in [0.3, 0.4) is 0 Å². The fourth-order valence-electron chi connectivity index (χ4n) is 2.71. The SMILES string of the molecule is CCNC(=O)[C@H](C)N(Cc1ccc(Cl)c(Cl)c1)C(=O)CSCc1cccc(Cl)c1. The highest BCUT2D eigenvalue weighted by Gasteiger charge is 2.25. The number of halogens is 3. The third kappa shape index (κ3) is 7.41. The lowest BCUT2D eigenvalue weighted by molar-refractivity contribution is -0.138. The largest absolute Gasteiger partial charge is 0.355 e. The van der Waals surface area contributed by atoms with Gasteiger partial charge < -0.3 is 10.2 Å². The van der Waals surface area contributed by atoms with Crippen molar-refractivity contribution in [2.45, 2.75) is 32.2 Å². The summed E-state index contributed by atoms with van der Waals surface area (Å²) in [6, 6.07) is 12.1. The topological polar surface area (TPSA) is 49.4 Å². The maximum atomic E-state index is 12.9. The Labute approximate surface area is 190 Å². The van der Waals surface area contributed by atoms with Crippen molar-refractivity contribution < 1.29 is 9.59 Å². The molecule has 2 amide bonds. The zero-order valence-corrected chi connectivity index (χ0v) is 19.3. The van der Waals surface area contributed by atoms with Crippen LogP contribution in [0.25, 0.3) is 0 Å². The molecule has 4 nitrogen and oxygen atoms in total. The van der Waals surface area contributed by atoms with E-state index in [0.717, 1.165) is 11.1 Å². The van der Waals surface area contributed by atoms with Crippen LogP contribution in [0.2, 0.25) is 15.1 Å². The van der Waals surface area contributed by atoms with Crippen molar-refractivity contribution in [3.63, 3.8) is 0 Å². The second-order valence-electron chi connectivity index (χ2n) is 6.46. The van der Waals surface area contributed by atoms with Gasteiger partial charge in [-0.1, -0.05) is 53.0 Å². The molecule has 29 heavy (non-hydrogen) atoms. The van der Waals surface area contributed by atoms with Crippen molar-refractivity contribution in [1.82, 2.24) is 10.2 Å². The van der Waals surface area contributed by atoms with Gasteiger partial charge in [-0.05, 0) is 49.2 Å². The number of benzene rings is 2. The number of nitrogens with zero attached hydrogens (tertiary/aromatic N) is 1. The van der Waals surface area contributed by atoms with E-state index in [2.05, 4.69) is 5.32 Å². The minimum absolute atomic E-state index is 0.123. The maximum absolute atomic E-state index is 12.9. The lowest BCUT2D eigenvalue weighted by Crippen LogP contribution is -2.48. The first-order chi connectivity index (χ1) is 13.8. The number of carbonyl (C=O) groups excluding carboxylic acids is 2. The van der Waals surface area contributed by atoms with Crippen molar-refractivity contribution in [2.75, 3.05) is 12.3 Å². The van der Waals surface area contributed by atoms with E-state index < -0.39 is 6.04 Å². The zero-order valence-electron chi connectivity index (χ0n) is 16.3. The molecular weight excluding hydrogens is 451 g/mol. The van der Waals surface area contributed by atoms with Gasteiger partial charge in [0.05, 0.1) is 15.8 Å². The fourth-order valence-corrected chi connectivity index (χ4v) is 4.10. The van der Waals surface area contributed by atoms with Gasteiger partial charge in [-0.2, -0.15) is 0 Å². The zero-order chi connectivity index (χ0) is 21.4. The predicted octanol–water partition coefficient (Wildman–Crippen LogP) is 5.43. The van der Waals surface area contributed by atoms with Gasteiger partial charge in [-0.3, -0.25) is 9.59 Å². The Bertz CT molecular complexity index is 864. The van der Waals surface area contributed by atoms with Crippen LogP contribution in [0.1, 0.15) is 25.0 Å². The number of amides is 2. The highest BCUT2D eigenvalue weighted by molar-refractivity contribution is 7.99. The summed E-state index contributed by atoms with van der Waals surface area (Å²) >= 11 is 19.6. The van der Waals surface area contributed by atoms with Gasteiger partial charge in [0.25, 0.3) is 0 Å². The fraction of sp³-hybridized carbons (Fsp3) is 0.333. The van der Waals surface area contributed by atoms with E-state index in [9.17, 15) is 9.59 Å². The van der Waals surface area contributed by atoms with E-state index in [1.807, 2.05) is 31.2 Å². The molecule has 2 rings (SSSR count). The lowest BCUT2D eigenvalue weighted by atomic mass is 10.1. The first-order valence-electron chi connectivity index (χ1n) is 9.15. The van der Waals surface area contributed by atoms with Crippen molar-refractivity contribution in [3.8, 4) is 0 Å². The molecule has 1 N–H and O–H groups in total.